The molecule has 0 spiro atoms. The summed E-state index contributed by atoms with van der Waals surface area (Å²) >= 11 is 7.22. The molecular formula is C16H16ClFN2O3S. The minimum atomic E-state index is -0.765. The van der Waals surface area contributed by atoms with Crippen molar-refractivity contribution < 1.29 is 18.7 Å². The average molecular weight is 371 g/mol. The number of halogens is 2. The number of nitrogens with one attached hydrogen (secondary N) is 2. The molecule has 0 aliphatic rings. The highest BCUT2D eigenvalue weighted by Crippen LogP contribution is 2.28. The van der Waals surface area contributed by atoms with Gasteiger partial charge in [-0.05, 0) is 29.8 Å². The molecule has 128 valence electrons. The molecule has 2 N–H and O–H groups in total. The van der Waals surface area contributed by atoms with Crippen LogP contribution in [0.3, 0.4) is 0 Å². The van der Waals surface area contributed by atoms with Crippen molar-refractivity contribution in [1.82, 2.24) is 10.6 Å². The Morgan fingerprint density at radius 2 is 1.83 bits per heavy atom. The van der Waals surface area contributed by atoms with Crippen LogP contribution in [-0.4, -0.2) is 25.5 Å². The lowest BCUT2D eigenvalue weighted by molar-refractivity contribution is -0.139. The summed E-state index contributed by atoms with van der Waals surface area (Å²) in [6.45, 7) is 0.289. The number of thiophene rings is 1. The predicted molar refractivity (Wildman–Crippen MR) is 90.3 cm³/mol. The largest absolute Gasteiger partial charge is 0.374 e. The zero-order valence-electron chi connectivity index (χ0n) is 12.8. The van der Waals surface area contributed by atoms with Crippen LogP contribution in [0.2, 0.25) is 4.34 Å². The van der Waals surface area contributed by atoms with Crippen LogP contribution in [-0.2, 0) is 20.9 Å². The molecule has 0 saturated carbocycles. The Labute approximate surface area is 147 Å². The minimum Gasteiger partial charge on any atom is -0.374 e. The van der Waals surface area contributed by atoms with Crippen LogP contribution in [0.5, 0.6) is 0 Å². The van der Waals surface area contributed by atoms with Crippen molar-refractivity contribution in [3.05, 3.63) is 57.0 Å². The standard InChI is InChI=1S/C16H16ClFN2O3S/c1-23-12(13-6-7-14(17)24-13)9-20-16(22)15(21)19-8-10-2-4-11(18)5-3-10/h2-7,12H,8-9H2,1H3,(H,19,21)(H,20,22). The van der Waals surface area contributed by atoms with E-state index in [1.807, 2.05) is 6.07 Å². The van der Waals surface area contributed by atoms with Crippen LogP contribution >= 0.6 is 22.9 Å². The van der Waals surface area contributed by atoms with Crippen LogP contribution in [0.25, 0.3) is 0 Å². The third-order valence-electron chi connectivity index (χ3n) is 3.22. The lowest BCUT2D eigenvalue weighted by atomic mass is 10.2. The normalized spacial score (nSPS) is 11.8. The number of rotatable bonds is 6. The number of hydrogen-bond donors (Lipinski definition) is 2. The molecule has 0 fully saturated rings. The maximum absolute atomic E-state index is 12.8. The van der Waals surface area contributed by atoms with Crippen LogP contribution in [0, 0.1) is 5.82 Å². The Kier molecular flexibility index (Phi) is 6.72. The SMILES string of the molecule is COC(CNC(=O)C(=O)NCc1ccc(F)cc1)c1ccc(Cl)s1. The number of ether oxygens (including phenoxy) is 1. The topological polar surface area (TPSA) is 67.4 Å². The van der Waals surface area contributed by atoms with Gasteiger partial charge in [-0.3, -0.25) is 9.59 Å². The van der Waals surface area contributed by atoms with Crippen LogP contribution < -0.4 is 10.6 Å². The van der Waals surface area contributed by atoms with Crippen molar-refractivity contribution in [3.63, 3.8) is 0 Å². The maximum Gasteiger partial charge on any atom is 0.309 e. The summed E-state index contributed by atoms with van der Waals surface area (Å²) in [5, 5.41) is 4.99. The third kappa shape index (κ3) is 5.30. The van der Waals surface area contributed by atoms with Gasteiger partial charge in [0, 0.05) is 25.1 Å². The molecule has 1 atom stereocenters. The first kappa shape index (κ1) is 18.4. The van der Waals surface area contributed by atoms with E-state index in [1.165, 1.54) is 42.7 Å². The van der Waals surface area contributed by atoms with E-state index in [4.69, 9.17) is 16.3 Å². The molecule has 5 nitrogen and oxygen atoms in total. The van der Waals surface area contributed by atoms with E-state index < -0.39 is 11.8 Å². The summed E-state index contributed by atoms with van der Waals surface area (Å²) in [7, 11) is 1.51. The number of hydrogen-bond acceptors (Lipinski definition) is 4. The van der Waals surface area contributed by atoms with Crippen molar-refractivity contribution in [2.75, 3.05) is 13.7 Å². The molecule has 1 aromatic carbocycles. The highest BCUT2D eigenvalue weighted by atomic mass is 35.5. The molecule has 8 heteroatoms. The summed E-state index contributed by atoms with van der Waals surface area (Å²) in [4.78, 5) is 24.4. The van der Waals surface area contributed by atoms with Crippen molar-refractivity contribution in [2.45, 2.75) is 12.6 Å². The molecule has 24 heavy (non-hydrogen) atoms. The average Bonchev–Trinajstić information content (AvgIpc) is 3.00. The molecule has 0 aliphatic carbocycles. The Balaban J connectivity index is 1.80. The van der Waals surface area contributed by atoms with E-state index in [2.05, 4.69) is 10.6 Å². The number of carbonyl (C=O) groups is 2. The van der Waals surface area contributed by atoms with Crippen LogP contribution in [0.4, 0.5) is 4.39 Å². The van der Waals surface area contributed by atoms with Gasteiger partial charge in [-0.2, -0.15) is 0 Å². The Morgan fingerprint density at radius 3 is 2.42 bits per heavy atom. The fraction of sp³-hybridized carbons (Fsp3) is 0.250. The zero-order chi connectivity index (χ0) is 17.5. The van der Waals surface area contributed by atoms with Crippen molar-refractivity contribution in [3.8, 4) is 0 Å². The first-order valence-electron chi connectivity index (χ1n) is 7.08. The molecular weight excluding hydrogens is 355 g/mol. The number of methoxy groups -OCH3 is 1. The van der Waals surface area contributed by atoms with Gasteiger partial charge in [-0.1, -0.05) is 23.7 Å². The summed E-state index contributed by atoms with van der Waals surface area (Å²) < 4.78 is 18.7. The van der Waals surface area contributed by atoms with Crippen LogP contribution in [0.1, 0.15) is 16.5 Å². The summed E-state index contributed by atoms with van der Waals surface area (Å²) in [6, 6.07) is 9.20. The van der Waals surface area contributed by atoms with Gasteiger partial charge in [0.2, 0.25) is 0 Å². The quantitative estimate of drug-likeness (QED) is 0.768. The summed E-state index contributed by atoms with van der Waals surface area (Å²) in [6.07, 6.45) is -0.378. The smallest absolute Gasteiger partial charge is 0.309 e. The van der Waals surface area contributed by atoms with Gasteiger partial charge in [-0.25, -0.2) is 4.39 Å². The monoisotopic (exact) mass is 370 g/mol. The number of amides is 2. The molecule has 0 saturated heterocycles. The van der Waals surface area contributed by atoms with Gasteiger partial charge in [-0.15, -0.1) is 11.3 Å². The lowest BCUT2D eigenvalue weighted by Crippen LogP contribution is -2.41. The van der Waals surface area contributed by atoms with E-state index in [9.17, 15) is 14.0 Å². The highest BCUT2D eigenvalue weighted by molar-refractivity contribution is 7.16. The first-order valence-corrected chi connectivity index (χ1v) is 8.27. The molecule has 0 bridgehead atoms. The molecule has 1 aromatic heterocycles. The second-order valence-corrected chi connectivity index (χ2v) is 6.63. The maximum atomic E-state index is 12.8. The predicted octanol–water partition coefficient (Wildman–Crippen LogP) is 2.66. The molecule has 1 unspecified atom stereocenters. The summed E-state index contributed by atoms with van der Waals surface area (Å²) in [5.41, 5.74) is 0.695. The second-order valence-electron chi connectivity index (χ2n) is 4.89. The molecule has 0 aliphatic heterocycles. The van der Waals surface area contributed by atoms with E-state index in [0.717, 1.165) is 4.88 Å². The van der Waals surface area contributed by atoms with Gasteiger partial charge in [0.15, 0.2) is 0 Å². The van der Waals surface area contributed by atoms with Crippen molar-refractivity contribution in [2.24, 2.45) is 0 Å². The van der Waals surface area contributed by atoms with Crippen molar-refractivity contribution >= 4 is 34.8 Å². The molecule has 2 amide bonds. The highest BCUT2D eigenvalue weighted by Gasteiger charge is 2.18. The first-order chi connectivity index (χ1) is 11.5. The Hall–Kier alpha value is -1.96. The third-order valence-corrected chi connectivity index (χ3v) is 4.54. The Bertz CT molecular complexity index is 706. The summed E-state index contributed by atoms with van der Waals surface area (Å²) in [5.74, 6) is -1.89. The number of benzene rings is 1. The fourth-order valence-electron chi connectivity index (χ4n) is 1.93. The Morgan fingerprint density at radius 1 is 1.17 bits per heavy atom. The lowest BCUT2D eigenvalue weighted by Gasteiger charge is -2.14. The second kappa shape index (κ2) is 8.77. The molecule has 2 aromatic rings. The zero-order valence-corrected chi connectivity index (χ0v) is 14.4. The van der Waals surface area contributed by atoms with Crippen LogP contribution in [0.15, 0.2) is 36.4 Å². The van der Waals surface area contributed by atoms with Gasteiger partial charge < -0.3 is 15.4 Å². The fourth-order valence-corrected chi connectivity index (χ4v) is 3.07. The molecule has 2 rings (SSSR count). The molecule has 0 radical (unpaired) electrons. The minimum absolute atomic E-state index is 0.140. The van der Waals surface area contributed by atoms with E-state index >= 15 is 0 Å². The van der Waals surface area contributed by atoms with Gasteiger partial charge >= 0.3 is 11.8 Å². The van der Waals surface area contributed by atoms with Crippen molar-refractivity contribution in [1.29, 1.82) is 0 Å². The van der Waals surface area contributed by atoms with Gasteiger partial charge in [0.25, 0.3) is 0 Å². The van der Waals surface area contributed by atoms with E-state index in [-0.39, 0.29) is 25.0 Å². The van der Waals surface area contributed by atoms with E-state index in [0.29, 0.717) is 9.90 Å². The number of carbonyl (C=O) groups excluding carboxylic acids is 2. The van der Waals surface area contributed by atoms with E-state index in [1.54, 1.807) is 6.07 Å². The van der Waals surface area contributed by atoms with Gasteiger partial charge in [0.05, 0.1) is 4.34 Å². The molecule has 1 heterocycles. The van der Waals surface area contributed by atoms with Gasteiger partial charge in [0.1, 0.15) is 11.9 Å².